The summed E-state index contributed by atoms with van der Waals surface area (Å²) in [6.07, 6.45) is 1.37. The molecule has 0 aliphatic carbocycles. The van der Waals surface area contributed by atoms with E-state index in [4.69, 9.17) is 4.74 Å². The fraction of sp³-hybridized carbons (Fsp3) is 0.286. The Morgan fingerprint density at radius 2 is 1.95 bits per heavy atom. The Balaban J connectivity index is 1.75. The van der Waals surface area contributed by atoms with E-state index >= 15 is 0 Å². The molecular formula is C14H15BrN4O2. The van der Waals surface area contributed by atoms with Crippen molar-refractivity contribution in [3.05, 3.63) is 45.4 Å². The zero-order valence-corrected chi connectivity index (χ0v) is 12.9. The van der Waals surface area contributed by atoms with Gasteiger partial charge >= 0.3 is 0 Å². The number of ether oxygens (including phenoxy) is 1. The zero-order valence-electron chi connectivity index (χ0n) is 11.3. The number of morpholine rings is 1. The molecule has 7 heteroatoms. The van der Waals surface area contributed by atoms with Gasteiger partial charge in [-0.1, -0.05) is 0 Å². The van der Waals surface area contributed by atoms with Gasteiger partial charge in [-0.05, 0) is 40.2 Å². The number of halogens is 1. The summed E-state index contributed by atoms with van der Waals surface area (Å²) in [5.41, 5.74) is 1.84. The molecule has 1 saturated heterocycles. The third kappa shape index (κ3) is 3.25. The predicted molar refractivity (Wildman–Crippen MR) is 85.3 cm³/mol. The fourth-order valence-electron chi connectivity index (χ4n) is 2.18. The smallest absolute Gasteiger partial charge is 0.267 e. The molecule has 0 bridgehead atoms. The molecule has 0 spiro atoms. The van der Waals surface area contributed by atoms with E-state index in [1.54, 1.807) is 0 Å². The second-order valence-corrected chi connectivity index (χ2v) is 5.46. The topological polar surface area (TPSA) is 70.2 Å². The Kier molecular flexibility index (Phi) is 4.21. The number of anilines is 3. The molecule has 110 valence electrons. The van der Waals surface area contributed by atoms with E-state index in [0.717, 1.165) is 32.0 Å². The van der Waals surface area contributed by atoms with Crippen molar-refractivity contribution < 1.29 is 4.74 Å². The van der Waals surface area contributed by atoms with Gasteiger partial charge in [-0.2, -0.15) is 0 Å². The van der Waals surface area contributed by atoms with Gasteiger partial charge < -0.3 is 19.9 Å². The van der Waals surface area contributed by atoms with Crippen LogP contribution >= 0.6 is 15.9 Å². The molecule has 21 heavy (non-hydrogen) atoms. The van der Waals surface area contributed by atoms with Crippen molar-refractivity contribution in [2.24, 2.45) is 0 Å². The molecule has 0 radical (unpaired) electrons. The van der Waals surface area contributed by atoms with Gasteiger partial charge in [0.25, 0.3) is 5.56 Å². The summed E-state index contributed by atoms with van der Waals surface area (Å²) in [6, 6.07) is 8.05. The average molecular weight is 351 g/mol. The van der Waals surface area contributed by atoms with E-state index in [1.807, 2.05) is 12.1 Å². The summed E-state index contributed by atoms with van der Waals surface area (Å²) >= 11 is 3.22. The standard InChI is InChI=1S/C14H15BrN4O2/c15-12-13(16-9-17-14(12)20)18-10-1-3-11(4-2-10)19-5-7-21-8-6-19/h1-4,9H,5-8H2,(H2,16,17,18,20). The lowest BCUT2D eigenvalue weighted by Gasteiger charge is -2.28. The number of H-pyrrole nitrogens is 1. The van der Waals surface area contributed by atoms with Gasteiger partial charge in [0.15, 0.2) is 5.82 Å². The van der Waals surface area contributed by atoms with Crippen molar-refractivity contribution in [1.82, 2.24) is 9.97 Å². The van der Waals surface area contributed by atoms with Crippen molar-refractivity contribution in [2.75, 3.05) is 36.5 Å². The molecule has 2 heterocycles. The maximum Gasteiger partial charge on any atom is 0.267 e. The summed E-state index contributed by atoms with van der Waals surface area (Å²) in [6.45, 7) is 3.36. The van der Waals surface area contributed by atoms with E-state index in [-0.39, 0.29) is 5.56 Å². The van der Waals surface area contributed by atoms with Gasteiger partial charge in [0, 0.05) is 24.5 Å². The normalized spacial score (nSPS) is 15.0. The van der Waals surface area contributed by atoms with Crippen molar-refractivity contribution in [3.8, 4) is 0 Å². The molecule has 1 aromatic heterocycles. The van der Waals surface area contributed by atoms with Gasteiger partial charge in [-0.25, -0.2) is 4.98 Å². The molecule has 2 N–H and O–H groups in total. The van der Waals surface area contributed by atoms with E-state index in [2.05, 4.69) is 48.2 Å². The second kappa shape index (κ2) is 6.28. The highest BCUT2D eigenvalue weighted by molar-refractivity contribution is 9.10. The highest BCUT2D eigenvalue weighted by Crippen LogP contribution is 2.23. The summed E-state index contributed by atoms with van der Waals surface area (Å²) in [7, 11) is 0. The molecular weight excluding hydrogens is 336 g/mol. The summed E-state index contributed by atoms with van der Waals surface area (Å²) in [4.78, 5) is 20.4. The number of aromatic nitrogens is 2. The van der Waals surface area contributed by atoms with Crippen LogP contribution in [0.4, 0.5) is 17.2 Å². The molecule has 1 aliphatic heterocycles. The lowest BCUT2D eigenvalue weighted by atomic mass is 10.2. The molecule has 1 aliphatic rings. The third-order valence-corrected chi connectivity index (χ3v) is 4.04. The largest absolute Gasteiger partial charge is 0.378 e. The first-order chi connectivity index (χ1) is 10.2. The summed E-state index contributed by atoms with van der Waals surface area (Å²) < 4.78 is 5.74. The van der Waals surface area contributed by atoms with Crippen LogP contribution in [0, 0.1) is 0 Å². The first kappa shape index (κ1) is 14.1. The number of nitrogens with zero attached hydrogens (tertiary/aromatic N) is 2. The number of nitrogens with one attached hydrogen (secondary N) is 2. The zero-order chi connectivity index (χ0) is 14.7. The van der Waals surface area contributed by atoms with Gasteiger partial charge in [0.1, 0.15) is 4.47 Å². The monoisotopic (exact) mass is 350 g/mol. The number of benzene rings is 1. The van der Waals surface area contributed by atoms with Crippen LogP contribution in [-0.4, -0.2) is 36.3 Å². The molecule has 2 aromatic rings. The van der Waals surface area contributed by atoms with E-state index in [9.17, 15) is 4.79 Å². The van der Waals surface area contributed by atoms with Crippen LogP contribution in [0.2, 0.25) is 0 Å². The number of rotatable bonds is 3. The van der Waals surface area contributed by atoms with Crippen LogP contribution in [0.25, 0.3) is 0 Å². The lowest BCUT2D eigenvalue weighted by Crippen LogP contribution is -2.36. The fourth-order valence-corrected chi connectivity index (χ4v) is 2.50. The minimum Gasteiger partial charge on any atom is -0.378 e. The molecule has 3 rings (SSSR count). The molecule has 0 atom stereocenters. The van der Waals surface area contributed by atoms with Crippen LogP contribution in [0.3, 0.4) is 0 Å². The van der Waals surface area contributed by atoms with Crippen molar-refractivity contribution >= 4 is 33.1 Å². The highest BCUT2D eigenvalue weighted by atomic mass is 79.9. The SMILES string of the molecule is O=c1[nH]cnc(Nc2ccc(N3CCOCC3)cc2)c1Br. The van der Waals surface area contributed by atoms with E-state index < -0.39 is 0 Å². The molecule has 0 saturated carbocycles. The summed E-state index contributed by atoms with van der Waals surface area (Å²) in [5, 5.41) is 3.12. The maximum absolute atomic E-state index is 11.5. The molecule has 1 fully saturated rings. The van der Waals surface area contributed by atoms with Crippen LogP contribution in [-0.2, 0) is 4.74 Å². The van der Waals surface area contributed by atoms with Crippen LogP contribution < -0.4 is 15.8 Å². The molecule has 1 aromatic carbocycles. The number of hydrogen-bond donors (Lipinski definition) is 2. The minimum absolute atomic E-state index is 0.211. The summed E-state index contributed by atoms with van der Waals surface area (Å²) in [5.74, 6) is 0.498. The van der Waals surface area contributed by atoms with Crippen LogP contribution in [0.1, 0.15) is 0 Å². The second-order valence-electron chi connectivity index (χ2n) is 4.67. The Morgan fingerprint density at radius 1 is 1.24 bits per heavy atom. The first-order valence-corrected chi connectivity index (χ1v) is 7.46. The Hall–Kier alpha value is -1.86. The predicted octanol–water partition coefficient (Wildman–Crippen LogP) is 2.11. The average Bonchev–Trinajstić information content (AvgIpc) is 2.53. The third-order valence-electron chi connectivity index (χ3n) is 3.30. The van der Waals surface area contributed by atoms with Crippen molar-refractivity contribution in [3.63, 3.8) is 0 Å². The molecule has 0 amide bonds. The van der Waals surface area contributed by atoms with Gasteiger partial charge in [-0.15, -0.1) is 0 Å². The minimum atomic E-state index is -0.211. The first-order valence-electron chi connectivity index (χ1n) is 6.67. The Bertz CT molecular complexity index is 665. The lowest BCUT2D eigenvalue weighted by molar-refractivity contribution is 0.122. The Labute approximate surface area is 130 Å². The maximum atomic E-state index is 11.5. The van der Waals surface area contributed by atoms with Crippen LogP contribution in [0.15, 0.2) is 39.9 Å². The van der Waals surface area contributed by atoms with Crippen LogP contribution in [0.5, 0.6) is 0 Å². The van der Waals surface area contributed by atoms with Crippen molar-refractivity contribution in [1.29, 1.82) is 0 Å². The number of aromatic amines is 1. The quantitative estimate of drug-likeness (QED) is 0.887. The van der Waals surface area contributed by atoms with Gasteiger partial charge in [-0.3, -0.25) is 4.79 Å². The highest BCUT2D eigenvalue weighted by Gasteiger charge is 2.11. The number of hydrogen-bond acceptors (Lipinski definition) is 5. The van der Waals surface area contributed by atoms with Gasteiger partial charge in [0.05, 0.1) is 19.5 Å². The molecule has 6 nitrogen and oxygen atoms in total. The van der Waals surface area contributed by atoms with E-state index in [0.29, 0.717) is 10.3 Å². The molecule has 0 unspecified atom stereocenters. The van der Waals surface area contributed by atoms with Crippen molar-refractivity contribution in [2.45, 2.75) is 0 Å². The van der Waals surface area contributed by atoms with E-state index in [1.165, 1.54) is 12.0 Å². The van der Waals surface area contributed by atoms with Gasteiger partial charge in [0.2, 0.25) is 0 Å². The Morgan fingerprint density at radius 3 is 2.67 bits per heavy atom.